The van der Waals surface area contributed by atoms with Crippen LogP contribution in [0, 0.1) is 5.92 Å². The summed E-state index contributed by atoms with van der Waals surface area (Å²) in [6, 6.07) is 0.425. The zero-order valence-corrected chi connectivity index (χ0v) is 12.7. The monoisotopic (exact) mass is 279 g/mol. The summed E-state index contributed by atoms with van der Waals surface area (Å²) < 4.78 is 5.66. The maximum Gasteiger partial charge on any atom is 0.323 e. The van der Waals surface area contributed by atoms with Crippen LogP contribution in [0.25, 0.3) is 0 Å². The molecule has 0 bridgehead atoms. The lowest BCUT2D eigenvalue weighted by atomic mass is 10.2. The van der Waals surface area contributed by atoms with Crippen LogP contribution >= 0.6 is 0 Å². The van der Waals surface area contributed by atoms with Gasteiger partial charge < -0.3 is 15.0 Å². The van der Waals surface area contributed by atoms with Crippen molar-refractivity contribution >= 4 is 11.9 Å². The summed E-state index contributed by atoms with van der Waals surface area (Å²) in [6.45, 7) is 9.84. The summed E-state index contributed by atoms with van der Waals surface area (Å²) in [5.74, 6) is 1.80. The Kier molecular flexibility index (Phi) is 5.38. The zero-order valence-electron chi connectivity index (χ0n) is 12.7. The van der Waals surface area contributed by atoms with Crippen molar-refractivity contribution in [1.29, 1.82) is 0 Å². The van der Waals surface area contributed by atoms with Gasteiger partial charge in [-0.15, -0.1) is 0 Å². The van der Waals surface area contributed by atoms with Gasteiger partial charge >= 0.3 is 6.01 Å². The molecular weight excluding hydrogens is 254 g/mol. The Bertz CT molecular complexity index is 418. The second-order valence-corrected chi connectivity index (χ2v) is 5.57. The maximum absolute atomic E-state index is 5.66. The molecule has 0 aromatic carbocycles. The van der Waals surface area contributed by atoms with E-state index < -0.39 is 0 Å². The summed E-state index contributed by atoms with van der Waals surface area (Å²) in [7, 11) is 0. The molecule has 1 aromatic rings. The Morgan fingerprint density at radius 2 is 1.95 bits per heavy atom. The third kappa shape index (κ3) is 4.21. The number of anilines is 2. The second-order valence-electron chi connectivity index (χ2n) is 5.57. The Morgan fingerprint density at radius 3 is 2.60 bits per heavy atom. The van der Waals surface area contributed by atoms with Crippen LogP contribution in [0.1, 0.15) is 40.0 Å². The average Bonchev–Trinajstić information content (AvgIpc) is 2.97. The van der Waals surface area contributed by atoms with E-state index in [1.165, 1.54) is 12.8 Å². The van der Waals surface area contributed by atoms with Crippen molar-refractivity contribution in [1.82, 2.24) is 15.0 Å². The topological polar surface area (TPSA) is 63.2 Å². The fourth-order valence-electron chi connectivity index (χ4n) is 2.03. The van der Waals surface area contributed by atoms with Crippen molar-refractivity contribution in [3.8, 4) is 6.01 Å². The van der Waals surface area contributed by atoms with Gasteiger partial charge in [-0.2, -0.15) is 15.0 Å². The molecule has 0 atom stereocenters. The molecule has 1 aliphatic rings. The Morgan fingerprint density at radius 1 is 1.20 bits per heavy atom. The lowest BCUT2D eigenvalue weighted by Gasteiger charge is -2.17. The fraction of sp³-hybridized carbons (Fsp3) is 0.786. The molecule has 2 rings (SSSR count). The van der Waals surface area contributed by atoms with Crippen LogP contribution in [0.15, 0.2) is 0 Å². The highest BCUT2D eigenvalue weighted by Gasteiger charge is 2.18. The third-order valence-corrected chi connectivity index (χ3v) is 3.07. The molecular formula is C14H25N5O. The van der Waals surface area contributed by atoms with Crippen LogP contribution in [-0.4, -0.2) is 41.2 Å². The van der Waals surface area contributed by atoms with Crippen molar-refractivity contribution in [2.45, 2.75) is 40.0 Å². The van der Waals surface area contributed by atoms with Crippen LogP contribution in [0.2, 0.25) is 0 Å². The fourth-order valence-corrected chi connectivity index (χ4v) is 2.03. The molecule has 2 heterocycles. The molecule has 20 heavy (non-hydrogen) atoms. The maximum atomic E-state index is 5.66. The number of hydrogen-bond acceptors (Lipinski definition) is 6. The first-order chi connectivity index (χ1) is 9.69. The van der Waals surface area contributed by atoms with E-state index in [2.05, 4.69) is 45.9 Å². The number of aromatic nitrogens is 3. The Balaban J connectivity index is 2.14. The van der Waals surface area contributed by atoms with Crippen molar-refractivity contribution < 1.29 is 4.74 Å². The minimum atomic E-state index is 0.425. The molecule has 1 fully saturated rings. The first kappa shape index (κ1) is 14.8. The lowest BCUT2D eigenvalue weighted by molar-refractivity contribution is 0.250. The van der Waals surface area contributed by atoms with Gasteiger partial charge in [0, 0.05) is 19.6 Å². The van der Waals surface area contributed by atoms with E-state index in [0.717, 1.165) is 32.0 Å². The first-order valence-corrected chi connectivity index (χ1v) is 7.56. The molecule has 1 aliphatic heterocycles. The van der Waals surface area contributed by atoms with E-state index in [0.29, 0.717) is 24.5 Å². The highest BCUT2D eigenvalue weighted by atomic mass is 16.5. The largest absolute Gasteiger partial charge is 0.463 e. The normalized spacial score (nSPS) is 14.9. The lowest BCUT2D eigenvalue weighted by Crippen LogP contribution is -2.22. The van der Waals surface area contributed by atoms with Crippen molar-refractivity contribution in [3.05, 3.63) is 0 Å². The molecule has 1 aromatic heterocycles. The molecule has 6 nitrogen and oxygen atoms in total. The molecule has 0 aliphatic carbocycles. The number of nitrogens with one attached hydrogen (secondary N) is 1. The number of rotatable bonds is 7. The van der Waals surface area contributed by atoms with Gasteiger partial charge in [-0.25, -0.2) is 0 Å². The van der Waals surface area contributed by atoms with Gasteiger partial charge in [0.15, 0.2) is 0 Å². The van der Waals surface area contributed by atoms with Gasteiger partial charge in [0.05, 0.1) is 6.61 Å². The number of ether oxygens (including phenoxy) is 1. The van der Waals surface area contributed by atoms with E-state index in [4.69, 9.17) is 4.74 Å². The molecule has 0 amide bonds. The quantitative estimate of drug-likeness (QED) is 0.826. The Labute approximate surface area is 121 Å². The molecule has 1 saturated heterocycles. The van der Waals surface area contributed by atoms with E-state index in [9.17, 15) is 0 Å². The molecule has 1 N–H and O–H groups in total. The SMILES string of the molecule is CCCNc1nc(OCC(C)C)nc(N2CCCC2)n1. The van der Waals surface area contributed by atoms with Crippen molar-refractivity contribution in [2.75, 3.05) is 36.5 Å². The molecule has 112 valence electrons. The smallest absolute Gasteiger partial charge is 0.323 e. The zero-order chi connectivity index (χ0) is 14.4. The number of nitrogens with zero attached hydrogens (tertiary/aromatic N) is 4. The van der Waals surface area contributed by atoms with Gasteiger partial charge in [-0.3, -0.25) is 0 Å². The van der Waals surface area contributed by atoms with Gasteiger partial charge in [-0.1, -0.05) is 20.8 Å². The average molecular weight is 279 g/mol. The van der Waals surface area contributed by atoms with Gasteiger partial charge in [0.25, 0.3) is 0 Å². The van der Waals surface area contributed by atoms with Crippen molar-refractivity contribution in [3.63, 3.8) is 0 Å². The third-order valence-electron chi connectivity index (χ3n) is 3.07. The summed E-state index contributed by atoms with van der Waals surface area (Å²) in [5, 5.41) is 3.22. The molecule has 0 saturated carbocycles. The van der Waals surface area contributed by atoms with Crippen LogP contribution in [0.5, 0.6) is 6.01 Å². The second kappa shape index (κ2) is 7.26. The minimum absolute atomic E-state index is 0.425. The summed E-state index contributed by atoms with van der Waals surface area (Å²) in [5.41, 5.74) is 0. The highest BCUT2D eigenvalue weighted by molar-refractivity contribution is 5.39. The summed E-state index contributed by atoms with van der Waals surface area (Å²) >= 11 is 0. The molecule has 0 unspecified atom stereocenters. The van der Waals surface area contributed by atoms with E-state index in [1.807, 2.05) is 0 Å². The Hall–Kier alpha value is -1.59. The molecule has 0 radical (unpaired) electrons. The predicted octanol–water partition coefficient (Wildman–Crippen LogP) is 2.33. The number of hydrogen-bond donors (Lipinski definition) is 1. The minimum Gasteiger partial charge on any atom is -0.463 e. The van der Waals surface area contributed by atoms with Crippen LogP contribution < -0.4 is 15.0 Å². The summed E-state index contributed by atoms with van der Waals surface area (Å²) in [6.07, 6.45) is 3.43. The van der Waals surface area contributed by atoms with E-state index in [1.54, 1.807) is 0 Å². The van der Waals surface area contributed by atoms with Crippen molar-refractivity contribution in [2.24, 2.45) is 5.92 Å². The van der Waals surface area contributed by atoms with E-state index >= 15 is 0 Å². The van der Waals surface area contributed by atoms with Crippen LogP contribution in [0.3, 0.4) is 0 Å². The highest BCUT2D eigenvalue weighted by Crippen LogP contribution is 2.19. The van der Waals surface area contributed by atoms with Gasteiger partial charge in [0.1, 0.15) is 0 Å². The van der Waals surface area contributed by atoms with Crippen LogP contribution in [0.4, 0.5) is 11.9 Å². The predicted molar refractivity (Wildman–Crippen MR) is 80.4 cm³/mol. The first-order valence-electron chi connectivity index (χ1n) is 7.56. The molecule has 0 spiro atoms. The standard InChI is InChI=1S/C14H25N5O/c1-4-7-15-12-16-13(19-8-5-6-9-19)18-14(17-12)20-10-11(2)3/h11H,4-10H2,1-3H3,(H,15,16,17,18). The van der Waals surface area contributed by atoms with Gasteiger partial charge in [-0.05, 0) is 25.2 Å². The van der Waals surface area contributed by atoms with Gasteiger partial charge in [0.2, 0.25) is 11.9 Å². The molecule has 6 heteroatoms. The van der Waals surface area contributed by atoms with Crippen LogP contribution in [-0.2, 0) is 0 Å². The summed E-state index contributed by atoms with van der Waals surface area (Å²) in [4.78, 5) is 15.5. The van der Waals surface area contributed by atoms with E-state index in [-0.39, 0.29) is 0 Å².